The molecule has 1 N–H and O–H groups in total. The molecule has 0 fully saturated rings. The van der Waals surface area contributed by atoms with E-state index < -0.39 is 16.1 Å². The molecular weight excluding hydrogens is 304 g/mol. The minimum atomic E-state index is -3.59. The van der Waals surface area contributed by atoms with Crippen molar-refractivity contribution in [3.63, 3.8) is 0 Å². The van der Waals surface area contributed by atoms with Crippen LogP contribution in [0, 0.1) is 5.92 Å². The van der Waals surface area contributed by atoms with Gasteiger partial charge in [-0.05, 0) is 37.1 Å². The Morgan fingerprint density at radius 2 is 1.77 bits per heavy atom. The fraction of sp³-hybridized carbons (Fsp3) is 0.533. The van der Waals surface area contributed by atoms with Crippen molar-refractivity contribution in [2.75, 3.05) is 24.2 Å². The van der Waals surface area contributed by atoms with Crippen LogP contribution in [-0.4, -0.2) is 40.3 Å². The lowest BCUT2D eigenvalue weighted by Gasteiger charge is -2.28. The Balaban J connectivity index is 3.05. The van der Waals surface area contributed by atoms with Crippen molar-refractivity contribution < 1.29 is 17.9 Å². The van der Waals surface area contributed by atoms with Crippen LogP contribution >= 0.6 is 0 Å². The van der Waals surface area contributed by atoms with Gasteiger partial charge >= 0.3 is 0 Å². The molecule has 1 atom stereocenters. The van der Waals surface area contributed by atoms with E-state index in [1.165, 1.54) is 7.11 Å². The van der Waals surface area contributed by atoms with Gasteiger partial charge in [0.2, 0.25) is 15.9 Å². The Morgan fingerprint density at radius 3 is 2.18 bits per heavy atom. The molecule has 0 bridgehead atoms. The summed E-state index contributed by atoms with van der Waals surface area (Å²) in [5.74, 6) is 0.591. The highest BCUT2D eigenvalue weighted by molar-refractivity contribution is 7.92. The Labute approximate surface area is 132 Å². The second-order valence-corrected chi connectivity index (χ2v) is 7.43. The third-order valence-corrected chi connectivity index (χ3v) is 4.34. The second-order valence-electron chi connectivity index (χ2n) is 5.57. The normalized spacial score (nSPS) is 12.8. The molecule has 7 heteroatoms. The van der Waals surface area contributed by atoms with Gasteiger partial charge in [-0.25, -0.2) is 8.42 Å². The molecule has 22 heavy (non-hydrogen) atoms. The summed E-state index contributed by atoms with van der Waals surface area (Å²) in [6.45, 7) is 6.02. The minimum absolute atomic E-state index is 0.295. The predicted molar refractivity (Wildman–Crippen MR) is 87.6 cm³/mol. The molecule has 1 rings (SSSR count). The number of anilines is 1. The number of hydrogen-bond donors (Lipinski definition) is 1. The fourth-order valence-electron chi connectivity index (χ4n) is 1.99. The lowest BCUT2D eigenvalue weighted by atomic mass is 10.2. The molecule has 124 valence electrons. The van der Waals surface area contributed by atoms with E-state index in [1.54, 1.807) is 31.2 Å². The van der Waals surface area contributed by atoms with Gasteiger partial charge in [0.05, 0.1) is 19.1 Å². The van der Waals surface area contributed by atoms with Crippen molar-refractivity contribution in [2.24, 2.45) is 5.92 Å². The number of sulfonamides is 1. The largest absolute Gasteiger partial charge is 0.497 e. The number of carbonyl (C=O) groups excluding carboxylic acids is 1. The summed E-state index contributed by atoms with van der Waals surface area (Å²) in [5.41, 5.74) is 0.426. The number of rotatable bonds is 7. The van der Waals surface area contributed by atoms with Crippen LogP contribution in [0.25, 0.3) is 0 Å². The molecular formula is C15H24N2O4S. The Bertz CT molecular complexity index is 596. The zero-order chi connectivity index (χ0) is 16.9. The summed E-state index contributed by atoms with van der Waals surface area (Å²) in [5, 5.41) is 2.76. The summed E-state index contributed by atoms with van der Waals surface area (Å²) in [7, 11) is -2.06. The molecule has 0 aliphatic carbocycles. The van der Waals surface area contributed by atoms with E-state index >= 15 is 0 Å². The average Bonchev–Trinajstić information content (AvgIpc) is 2.44. The van der Waals surface area contributed by atoms with E-state index in [2.05, 4.69) is 5.32 Å². The van der Waals surface area contributed by atoms with Crippen LogP contribution in [0.3, 0.4) is 0 Å². The molecule has 6 nitrogen and oxygen atoms in total. The number of methoxy groups -OCH3 is 1. The van der Waals surface area contributed by atoms with Crippen molar-refractivity contribution in [3.05, 3.63) is 24.3 Å². The molecule has 1 aromatic carbocycles. The zero-order valence-electron chi connectivity index (χ0n) is 13.7. The molecule has 0 unspecified atom stereocenters. The number of amides is 1. The fourth-order valence-corrected chi connectivity index (χ4v) is 3.17. The number of hydrogen-bond acceptors (Lipinski definition) is 4. The average molecular weight is 328 g/mol. The van der Waals surface area contributed by atoms with Gasteiger partial charge in [-0.15, -0.1) is 0 Å². The van der Waals surface area contributed by atoms with Crippen molar-refractivity contribution in [1.82, 2.24) is 5.32 Å². The first kappa shape index (κ1) is 18.3. The summed E-state index contributed by atoms with van der Waals surface area (Å²) in [6, 6.07) is 5.72. The first-order valence-electron chi connectivity index (χ1n) is 7.08. The van der Waals surface area contributed by atoms with Gasteiger partial charge in [0, 0.05) is 6.54 Å². The predicted octanol–water partition coefficient (Wildman–Crippen LogP) is 1.62. The van der Waals surface area contributed by atoms with Crippen molar-refractivity contribution in [2.45, 2.75) is 26.8 Å². The van der Waals surface area contributed by atoms with E-state index in [1.807, 2.05) is 13.8 Å². The van der Waals surface area contributed by atoms with Crippen LogP contribution in [0.15, 0.2) is 24.3 Å². The Hall–Kier alpha value is -1.76. The summed E-state index contributed by atoms with van der Waals surface area (Å²) in [4.78, 5) is 12.2. The molecule has 0 aromatic heterocycles. The van der Waals surface area contributed by atoms with Crippen LogP contribution in [-0.2, 0) is 14.8 Å². The minimum Gasteiger partial charge on any atom is -0.497 e. The molecule has 1 amide bonds. The molecule has 1 aromatic rings. The number of ether oxygens (including phenoxy) is 1. The smallest absolute Gasteiger partial charge is 0.243 e. The van der Waals surface area contributed by atoms with Gasteiger partial charge in [-0.1, -0.05) is 13.8 Å². The van der Waals surface area contributed by atoms with Crippen LogP contribution in [0.4, 0.5) is 5.69 Å². The van der Waals surface area contributed by atoms with Gasteiger partial charge in [-0.2, -0.15) is 0 Å². The van der Waals surface area contributed by atoms with Gasteiger partial charge in [0.1, 0.15) is 11.8 Å². The van der Waals surface area contributed by atoms with E-state index in [-0.39, 0.29) is 5.91 Å². The lowest BCUT2D eigenvalue weighted by molar-refractivity contribution is -0.121. The molecule has 0 saturated carbocycles. The monoisotopic (exact) mass is 328 g/mol. The van der Waals surface area contributed by atoms with Crippen LogP contribution in [0.2, 0.25) is 0 Å². The van der Waals surface area contributed by atoms with Crippen molar-refractivity contribution in [1.29, 1.82) is 0 Å². The maximum atomic E-state index is 12.2. The first-order valence-corrected chi connectivity index (χ1v) is 8.92. The zero-order valence-corrected chi connectivity index (χ0v) is 14.5. The molecule has 0 saturated heterocycles. The highest BCUT2D eigenvalue weighted by atomic mass is 32.2. The summed E-state index contributed by atoms with van der Waals surface area (Å²) in [6.07, 6.45) is 1.09. The Kier molecular flexibility index (Phi) is 6.22. The topological polar surface area (TPSA) is 75.7 Å². The molecule has 0 heterocycles. The molecule has 0 aliphatic rings. The van der Waals surface area contributed by atoms with Gasteiger partial charge < -0.3 is 10.1 Å². The van der Waals surface area contributed by atoms with Crippen LogP contribution in [0.5, 0.6) is 5.75 Å². The second kappa shape index (κ2) is 7.49. The quantitative estimate of drug-likeness (QED) is 0.825. The number of nitrogens with zero attached hydrogens (tertiary/aromatic N) is 1. The maximum Gasteiger partial charge on any atom is 0.243 e. The maximum absolute atomic E-state index is 12.2. The lowest BCUT2D eigenvalue weighted by Crippen LogP contribution is -2.48. The first-order chi connectivity index (χ1) is 10.2. The van der Waals surface area contributed by atoms with Gasteiger partial charge in [0.25, 0.3) is 0 Å². The summed E-state index contributed by atoms with van der Waals surface area (Å²) < 4.78 is 30.3. The van der Waals surface area contributed by atoms with E-state index in [9.17, 15) is 13.2 Å². The molecule has 0 spiro atoms. The van der Waals surface area contributed by atoms with Crippen molar-refractivity contribution in [3.8, 4) is 5.75 Å². The van der Waals surface area contributed by atoms with Crippen LogP contribution < -0.4 is 14.4 Å². The van der Waals surface area contributed by atoms with E-state index in [4.69, 9.17) is 4.74 Å². The highest BCUT2D eigenvalue weighted by Gasteiger charge is 2.28. The molecule has 0 radical (unpaired) electrons. The number of nitrogens with one attached hydrogen (secondary N) is 1. The van der Waals surface area contributed by atoms with Gasteiger partial charge in [-0.3, -0.25) is 9.10 Å². The standard InChI is InChI=1S/C15H24N2O4S/c1-11(2)10-16-15(18)12(3)17(22(5,19)20)13-6-8-14(21-4)9-7-13/h6-9,11-12H,10H2,1-5H3,(H,16,18)/t12-/m0/s1. The third-order valence-electron chi connectivity index (χ3n) is 3.10. The SMILES string of the molecule is COc1ccc(N([C@@H](C)C(=O)NCC(C)C)S(C)(=O)=O)cc1. The Morgan fingerprint density at radius 1 is 1.23 bits per heavy atom. The number of carbonyl (C=O) groups is 1. The van der Waals surface area contributed by atoms with Crippen LogP contribution in [0.1, 0.15) is 20.8 Å². The highest BCUT2D eigenvalue weighted by Crippen LogP contribution is 2.23. The third kappa shape index (κ3) is 4.91. The van der Waals surface area contributed by atoms with E-state index in [0.29, 0.717) is 23.9 Å². The number of benzene rings is 1. The van der Waals surface area contributed by atoms with Crippen molar-refractivity contribution >= 4 is 21.6 Å². The molecule has 0 aliphatic heterocycles. The summed E-state index contributed by atoms with van der Waals surface area (Å²) >= 11 is 0. The van der Waals surface area contributed by atoms with Gasteiger partial charge in [0.15, 0.2) is 0 Å². The van der Waals surface area contributed by atoms with E-state index in [0.717, 1.165) is 10.6 Å².